The van der Waals surface area contributed by atoms with Crippen molar-refractivity contribution in [2.45, 2.75) is 63.8 Å². The van der Waals surface area contributed by atoms with E-state index >= 15 is 0 Å². The smallest absolute Gasteiger partial charge is 0.219 e. The first-order valence-electron chi connectivity index (χ1n) is 6.22. The van der Waals surface area contributed by atoms with Crippen LogP contribution in [0.5, 0.6) is 0 Å². The first-order chi connectivity index (χ1) is 7.18. The monoisotopic (exact) mass is 212 g/mol. The number of primary amides is 1. The summed E-state index contributed by atoms with van der Waals surface area (Å²) in [6.45, 7) is 3.02. The molecule has 0 unspecified atom stereocenters. The van der Waals surface area contributed by atoms with E-state index in [-0.39, 0.29) is 11.4 Å². The predicted molar refractivity (Wildman–Crippen MR) is 62.5 cm³/mol. The fraction of sp³-hybridized carbons (Fsp3) is 0.917. The standard InChI is InChI=1S/C12H24N2O/c1-2-14-12(10-11(13)15)8-6-4-3-5-7-9-12/h14H,2-10H2,1H3,(H2,13,15). The lowest BCUT2D eigenvalue weighted by molar-refractivity contribution is -0.119. The zero-order valence-corrected chi connectivity index (χ0v) is 9.85. The van der Waals surface area contributed by atoms with Gasteiger partial charge in [0.25, 0.3) is 0 Å². The van der Waals surface area contributed by atoms with Gasteiger partial charge in [0.05, 0.1) is 0 Å². The van der Waals surface area contributed by atoms with Crippen molar-refractivity contribution in [3.05, 3.63) is 0 Å². The molecule has 0 aromatic heterocycles. The normalized spacial score (nSPS) is 21.7. The van der Waals surface area contributed by atoms with Gasteiger partial charge in [-0.15, -0.1) is 0 Å². The van der Waals surface area contributed by atoms with Crippen LogP contribution in [-0.4, -0.2) is 18.0 Å². The minimum atomic E-state index is -0.170. The fourth-order valence-corrected chi connectivity index (χ4v) is 2.71. The number of rotatable bonds is 4. The second kappa shape index (κ2) is 6.11. The van der Waals surface area contributed by atoms with E-state index in [9.17, 15) is 4.79 Å². The van der Waals surface area contributed by atoms with Crippen LogP contribution >= 0.6 is 0 Å². The van der Waals surface area contributed by atoms with Crippen LogP contribution in [0, 0.1) is 0 Å². The SMILES string of the molecule is CCNC1(CC(N)=O)CCCCCCC1. The molecule has 88 valence electrons. The number of amides is 1. The topological polar surface area (TPSA) is 55.1 Å². The van der Waals surface area contributed by atoms with Crippen LogP contribution in [0.4, 0.5) is 0 Å². The zero-order valence-electron chi connectivity index (χ0n) is 9.85. The summed E-state index contributed by atoms with van der Waals surface area (Å²) < 4.78 is 0. The predicted octanol–water partition coefficient (Wildman–Crippen LogP) is 1.95. The molecule has 3 nitrogen and oxygen atoms in total. The van der Waals surface area contributed by atoms with Crippen LogP contribution in [-0.2, 0) is 4.79 Å². The van der Waals surface area contributed by atoms with Crippen molar-refractivity contribution in [1.29, 1.82) is 0 Å². The molecule has 1 fully saturated rings. The van der Waals surface area contributed by atoms with Gasteiger partial charge in [-0.25, -0.2) is 0 Å². The van der Waals surface area contributed by atoms with Crippen LogP contribution in [0.15, 0.2) is 0 Å². The number of carbonyl (C=O) groups is 1. The molecule has 1 rings (SSSR count). The Bertz CT molecular complexity index is 196. The first-order valence-corrected chi connectivity index (χ1v) is 6.22. The molecule has 1 aliphatic rings. The van der Waals surface area contributed by atoms with Crippen LogP contribution in [0.25, 0.3) is 0 Å². The van der Waals surface area contributed by atoms with Gasteiger partial charge in [0.15, 0.2) is 0 Å². The Morgan fingerprint density at radius 1 is 1.20 bits per heavy atom. The Labute approximate surface area is 92.8 Å². The Morgan fingerprint density at radius 3 is 2.20 bits per heavy atom. The Hall–Kier alpha value is -0.570. The average Bonchev–Trinajstić information content (AvgIpc) is 2.11. The Morgan fingerprint density at radius 2 is 1.73 bits per heavy atom. The van der Waals surface area contributed by atoms with E-state index in [1.807, 2.05) is 0 Å². The van der Waals surface area contributed by atoms with E-state index in [4.69, 9.17) is 5.73 Å². The highest BCUT2D eigenvalue weighted by Crippen LogP contribution is 2.28. The van der Waals surface area contributed by atoms with Crippen molar-refractivity contribution in [2.24, 2.45) is 5.73 Å². The molecule has 0 atom stereocenters. The highest BCUT2D eigenvalue weighted by molar-refractivity contribution is 5.75. The summed E-state index contributed by atoms with van der Waals surface area (Å²) in [4.78, 5) is 11.1. The van der Waals surface area contributed by atoms with Crippen molar-refractivity contribution < 1.29 is 4.79 Å². The molecule has 0 bridgehead atoms. The summed E-state index contributed by atoms with van der Waals surface area (Å²) >= 11 is 0. The Kier molecular flexibility index (Phi) is 5.09. The molecule has 1 amide bonds. The summed E-state index contributed by atoms with van der Waals surface area (Å²) in [5.41, 5.74) is 5.35. The molecule has 0 aliphatic heterocycles. The van der Waals surface area contributed by atoms with E-state index in [1.54, 1.807) is 0 Å². The van der Waals surface area contributed by atoms with Gasteiger partial charge in [-0.2, -0.15) is 0 Å². The lowest BCUT2D eigenvalue weighted by Crippen LogP contribution is -2.48. The molecule has 0 aromatic carbocycles. The minimum Gasteiger partial charge on any atom is -0.370 e. The van der Waals surface area contributed by atoms with Crippen LogP contribution in [0.1, 0.15) is 58.3 Å². The van der Waals surface area contributed by atoms with Gasteiger partial charge >= 0.3 is 0 Å². The summed E-state index contributed by atoms with van der Waals surface area (Å²) in [7, 11) is 0. The number of hydrogen-bond donors (Lipinski definition) is 2. The summed E-state index contributed by atoms with van der Waals surface area (Å²) in [5, 5.41) is 3.50. The van der Waals surface area contributed by atoms with Crippen molar-refractivity contribution in [3.63, 3.8) is 0 Å². The molecule has 0 spiro atoms. The lowest BCUT2D eigenvalue weighted by atomic mass is 9.81. The van der Waals surface area contributed by atoms with E-state index in [1.165, 1.54) is 32.1 Å². The molecule has 0 saturated heterocycles. The van der Waals surface area contributed by atoms with Crippen molar-refractivity contribution in [1.82, 2.24) is 5.32 Å². The maximum absolute atomic E-state index is 11.1. The van der Waals surface area contributed by atoms with Gasteiger partial charge in [0.1, 0.15) is 0 Å². The second-order valence-corrected chi connectivity index (χ2v) is 4.72. The summed E-state index contributed by atoms with van der Waals surface area (Å²) in [6.07, 6.45) is 9.09. The first kappa shape index (κ1) is 12.5. The van der Waals surface area contributed by atoms with Gasteiger partial charge in [0, 0.05) is 12.0 Å². The molecule has 0 radical (unpaired) electrons. The largest absolute Gasteiger partial charge is 0.370 e. The maximum atomic E-state index is 11.1. The van der Waals surface area contributed by atoms with Crippen LogP contribution in [0.2, 0.25) is 0 Å². The van der Waals surface area contributed by atoms with Gasteiger partial charge in [-0.05, 0) is 19.4 Å². The van der Waals surface area contributed by atoms with Crippen LogP contribution in [0.3, 0.4) is 0 Å². The zero-order chi connectivity index (χ0) is 11.1. The Balaban J connectivity index is 2.61. The minimum absolute atomic E-state index is 0.000995. The fourth-order valence-electron chi connectivity index (χ4n) is 2.71. The molecule has 0 heterocycles. The van der Waals surface area contributed by atoms with Crippen molar-refractivity contribution in [2.75, 3.05) is 6.54 Å². The number of nitrogens with two attached hydrogens (primary N) is 1. The molecular formula is C12H24N2O. The highest BCUT2D eigenvalue weighted by atomic mass is 16.1. The van der Waals surface area contributed by atoms with Gasteiger partial charge in [0.2, 0.25) is 5.91 Å². The molecule has 0 aromatic rings. The second-order valence-electron chi connectivity index (χ2n) is 4.72. The molecular weight excluding hydrogens is 188 g/mol. The molecule has 3 N–H and O–H groups in total. The third kappa shape index (κ3) is 4.20. The summed E-state index contributed by atoms with van der Waals surface area (Å²) in [6, 6.07) is 0. The van der Waals surface area contributed by atoms with Gasteiger partial charge in [-0.1, -0.05) is 39.0 Å². The van der Waals surface area contributed by atoms with Gasteiger partial charge < -0.3 is 11.1 Å². The van der Waals surface area contributed by atoms with E-state index in [2.05, 4.69) is 12.2 Å². The van der Waals surface area contributed by atoms with Crippen molar-refractivity contribution >= 4 is 5.91 Å². The van der Waals surface area contributed by atoms with E-state index in [0.717, 1.165) is 19.4 Å². The average molecular weight is 212 g/mol. The maximum Gasteiger partial charge on any atom is 0.219 e. The van der Waals surface area contributed by atoms with E-state index in [0.29, 0.717) is 6.42 Å². The third-order valence-electron chi connectivity index (χ3n) is 3.38. The molecule has 15 heavy (non-hydrogen) atoms. The van der Waals surface area contributed by atoms with E-state index < -0.39 is 0 Å². The quantitative estimate of drug-likeness (QED) is 0.748. The molecule has 1 aliphatic carbocycles. The number of nitrogens with one attached hydrogen (secondary N) is 1. The van der Waals surface area contributed by atoms with Crippen molar-refractivity contribution in [3.8, 4) is 0 Å². The summed E-state index contributed by atoms with van der Waals surface area (Å²) in [5.74, 6) is -0.170. The van der Waals surface area contributed by atoms with Gasteiger partial charge in [-0.3, -0.25) is 4.79 Å². The molecule has 1 saturated carbocycles. The molecule has 3 heteroatoms. The van der Waals surface area contributed by atoms with Crippen LogP contribution < -0.4 is 11.1 Å². The number of hydrogen-bond acceptors (Lipinski definition) is 2. The third-order valence-corrected chi connectivity index (χ3v) is 3.38. The lowest BCUT2D eigenvalue weighted by Gasteiger charge is -2.35. The number of carbonyl (C=O) groups excluding carboxylic acids is 1. The highest BCUT2D eigenvalue weighted by Gasteiger charge is 2.30.